The van der Waals surface area contributed by atoms with Crippen molar-refractivity contribution in [1.82, 2.24) is 0 Å². The van der Waals surface area contributed by atoms with Gasteiger partial charge in [-0.2, -0.15) is 10.4 Å². The lowest BCUT2D eigenvalue weighted by Gasteiger charge is -2.13. The van der Waals surface area contributed by atoms with Gasteiger partial charge in [-0.15, -0.1) is 0 Å². The largest absolute Gasteiger partial charge is 0.490 e. The number of benzene rings is 3. The SMILES string of the molecule is CCOc1cc(/C=N\Nc2ccccc2)ccc1OCc1ccccc1C#N. The first-order chi connectivity index (χ1) is 13.8. The molecule has 140 valence electrons. The van der Waals surface area contributed by atoms with Crippen molar-refractivity contribution in [2.45, 2.75) is 13.5 Å². The first-order valence-corrected chi connectivity index (χ1v) is 9.02. The third-order valence-corrected chi connectivity index (χ3v) is 3.97. The van der Waals surface area contributed by atoms with Gasteiger partial charge in [0.15, 0.2) is 11.5 Å². The van der Waals surface area contributed by atoms with Crippen molar-refractivity contribution in [3.05, 3.63) is 89.5 Å². The molecule has 5 heteroatoms. The van der Waals surface area contributed by atoms with E-state index in [1.807, 2.05) is 73.7 Å². The lowest BCUT2D eigenvalue weighted by molar-refractivity contribution is 0.269. The van der Waals surface area contributed by atoms with E-state index in [0.717, 1.165) is 16.8 Å². The molecule has 5 nitrogen and oxygen atoms in total. The van der Waals surface area contributed by atoms with Crippen LogP contribution in [-0.4, -0.2) is 12.8 Å². The number of hydrazone groups is 1. The Kier molecular flexibility index (Phi) is 6.64. The fraction of sp³-hybridized carbons (Fsp3) is 0.130. The number of hydrogen-bond donors (Lipinski definition) is 1. The van der Waals surface area contributed by atoms with Gasteiger partial charge in [-0.25, -0.2) is 0 Å². The lowest BCUT2D eigenvalue weighted by atomic mass is 10.1. The summed E-state index contributed by atoms with van der Waals surface area (Å²) in [5.41, 5.74) is 6.23. The van der Waals surface area contributed by atoms with Crippen molar-refractivity contribution in [2.24, 2.45) is 5.10 Å². The van der Waals surface area contributed by atoms with Crippen LogP contribution in [0.5, 0.6) is 11.5 Å². The van der Waals surface area contributed by atoms with Crippen LogP contribution in [0, 0.1) is 11.3 Å². The number of anilines is 1. The maximum atomic E-state index is 9.20. The molecule has 0 radical (unpaired) electrons. The van der Waals surface area contributed by atoms with Crippen LogP contribution < -0.4 is 14.9 Å². The first-order valence-electron chi connectivity index (χ1n) is 9.02. The maximum absolute atomic E-state index is 9.20. The number of nitrogens with zero attached hydrogens (tertiary/aromatic N) is 2. The number of nitrogens with one attached hydrogen (secondary N) is 1. The molecule has 3 rings (SSSR count). The van der Waals surface area contributed by atoms with Crippen molar-refractivity contribution in [3.63, 3.8) is 0 Å². The maximum Gasteiger partial charge on any atom is 0.161 e. The molecule has 0 aliphatic heterocycles. The van der Waals surface area contributed by atoms with Gasteiger partial charge in [-0.3, -0.25) is 5.43 Å². The second kappa shape index (κ2) is 9.79. The summed E-state index contributed by atoms with van der Waals surface area (Å²) in [7, 11) is 0. The third kappa shape index (κ3) is 5.12. The highest BCUT2D eigenvalue weighted by Crippen LogP contribution is 2.29. The van der Waals surface area contributed by atoms with Gasteiger partial charge in [0.2, 0.25) is 0 Å². The van der Waals surface area contributed by atoms with Crippen LogP contribution in [0.1, 0.15) is 23.6 Å². The molecule has 1 N–H and O–H groups in total. The van der Waals surface area contributed by atoms with Gasteiger partial charge in [-0.1, -0.05) is 36.4 Å². The molecule has 0 spiro atoms. The minimum absolute atomic E-state index is 0.298. The monoisotopic (exact) mass is 371 g/mol. The van der Waals surface area contributed by atoms with Gasteiger partial charge in [-0.05, 0) is 48.9 Å². The van der Waals surface area contributed by atoms with E-state index in [0.29, 0.717) is 30.3 Å². The molecule has 0 heterocycles. The van der Waals surface area contributed by atoms with E-state index in [1.54, 1.807) is 12.3 Å². The molecule has 0 atom stereocenters. The van der Waals surface area contributed by atoms with Gasteiger partial charge in [0.25, 0.3) is 0 Å². The van der Waals surface area contributed by atoms with E-state index in [-0.39, 0.29) is 0 Å². The predicted molar refractivity (Wildman–Crippen MR) is 111 cm³/mol. The number of para-hydroxylation sites is 1. The molecular weight excluding hydrogens is 350 g/mol. The summed E-state index contributed by atoms with van der Waals surface area (Å²) >= 11 is 0. The standard InChI is InChI=1S/C23H21N3O2/c1-2-27-23-14-18(16-25-26-21-10-4-3-5-11-21)12-13-22(23)28-17-20-9-7-6-8-19(20)15-24/h3-14,16,26H,2,17H2,1H3/b25-16-. The summed E-state index contributed by atoms with van der Waals surface area (Å²) in [6.07, 6.45) is 1.73. The second-order valence-corrected chi connectivity index (χ2v) is 5.93. The summed E-state index contributed by atoms with van der Waals surface area (Å²) < 4.78 is 11.6. The van der Waals surface area contributed by atoms with E-state index < -0.39 is 0 Å². The second-order valence-electron chi connectivity index (χ2n) is 5.93. The van der Waals surface area contributed by atoms with Gasteiger partial charge in [0.05, 0.1) is 30.1 Å². The normalized spacial score (nSPS) is 10.4. The predicted octanol–water partition coefficient (Wildman–Crippen LogP) is 4.98. The molecular formula is C23H21N3O2. The Bertz CT molecular complexity index is 979. The molecule has 0 aliphatic carbocycles. The minimum Gasteiger partial charge on any atom is -0.490 e. The lowest BCUT2D eigenvalue weighted by Crippen LogP contribution is -2.02. The topological polar surface area (TPSA) is 66.6 Å². The molecule has 0 unspecified atom stereocenters. The zero-order valence-electron chi connectivity index (χ0n) is 15.6. The molecule has 0 bridgehead atoms. The van der Waals surface area contributed by atoms with Crippen LogP contribution in [0.2, 0.25) is 0 Å². The van der Waals surface area contributed by atoms with Crippen LogP contribution in [0.15, 0.2) is 77.9 Å². The Labute approximate surface area is 164 Å². The molecule has 0 saturated heterocycles. The molecule has 0 amide bonds. The fourth-order valence-electron chi connectivity index (χ4n) is 2.60. The highest BCUT2D eigenvalue weighted by Gasteiger charge is 2.08. The molecule has 28 heavy (non-hydrogen) atoms. The third-order valence-electron chi connectivity index (χ3n) is 3.97. The average Bonchev–Trinajstić information content (AvgIpc) is 2.74. The number of rotatable bonds is 8. The van der Waals surface area contributed by atoms with E-state index in [2.05, 4.69) is 16.6 Å². The van der Waals surface area contributed by atoms with Gasteiger partial charge in [0, 0.05) is 5.56 Å². The Morgan fingerprint density at radius 3 is 2.54 bits per heavy atom. The van der Waals surface area contributed by atoms with Crippen molar-refractivity contribution in [2.75, 3.05) is 12.0 Å². The number of ether oxygens (including phenoxy) is 2. The molecule has 0 aromatic heterocycles. The fourth-order valence-corrected chi connectivity index (χ4v) is 2.60. The zero-order valence-corrected chi connectivity index (χ0v) is 15.6. The Balaban J connectivity index is 1.71. The summed E-state index contributed by atoms with van der Waals surface area (Å²) in [6.45, 7) is 2.74. The smallest absolute Gasteiger partial charge is 0.161 e. The highest BCUT2D eigenvalue weighted by molar-refractivity contribution is 5.81. The van der Waals surface area contributed by atoms with Crippen LogP contribution >= 0.6 is 0 Å². The van der Waals surface area contributed by atoms with Crippen molar-refractivity contribution in [1.29, 1.82) is 5.26 Å². The first kappa shape index (κ1) is 19.0. The molecule has 0 aliphatic rings. The molecule has 0 saturated carbocycles. The van der Waals surface area contributed by atoms with E-state index in [9.17, 15) is 5.26 Å². The Hall–Kier alpha value is -3.78. The van der Waals surface area contributed by atoms with Crippen LogP contribution in [-0.2, 0) is 6.61 Å². The number of hydrogen-bond acceptors (Lipinski definition) is 5. The van der Waals surface area contributed by atoms with Crippen molar-refractivity contribution >= 4 is 11.9 Å². The quantitative estimate of drug-likeness (QED) is 0.448. The van der Waals surface area contributed by atoms with E-state index >= 15 is 0 Å². The Morgan fingerprint density at radius 2 is 1.75 bits per heavy atom. The molecule has 3 aromatic rings. The van der Waals surface area contributed by atoms with Crippen LogP contribution in [0.3, 0.4) is 0 Å². The summed E-state index contributed by atoms with van der Waals surface area (Å²) in [4.78, 5) is 0. The number of nitriles is 1. The van der Waals surface area contributed by atoms with Crippen molar-refractivity contribution < 1.29 is 9.47 Å². The highest BCUT2D eigenvalue weighted by atomic mass is 16.5. The molecule has 0 fully saturated rings. The zero-order chi connectivity index (χ0) is 19.6. The summed E-state index contributed by atoms with van der Waals surface area (Å²) in [5, 5.41) is 13.5. The van der Waals surface area contributed by atoms with Gasteiger partial charge >= 0.3 is 0 Å². The summed E-state index contributed by atoms with van der Waals surface area (Å²) in [6, 6.07) is 24.9. The van der Waals surface area contributed by atoms with E-state index in [1.165, 1.54) is 0 Å². The van der Waals surface area contributed by atoms with Crippen LogP contribution in [0.4, 0.5) is 5.69 Å². The Morgan fingerprint density at radius 1 is 0.964 bits per heavy atom. The minimum atomic E-state index is 0.298. The molecule has 3 aromatic carbocycles. The van der Waals surface area contributed by atoms with Crippen LogP contribution in [0.25, 0.3) is 0 Å². The average molecular weight is 371 g/mol. The van der Waals surface area contributed by atoms with Gasteiger partial charge in [0.1, 0.15) is 6.61 Å². The summed E-state index contributed by atoms with van der Waals surface area (Å²) in [5.74, 6) is 1.27. The van der Waals surface area contributed by atoms with Gasteiger partial charge < -0.3 is 9.47 Å². The van der Waals surface area contributed by atoms with E-state index in [4.69, 9.17) is 9.47 Å². The van der Waals surface area contributed by atoms with Crippen molar-refractivity contribution in [3.8, 4) is 17.6 Å².